The summed E-state index contributed by atoms with van der Waals surface area (Å²) < 4.78 is 0. The second-order valence-electron chi connectivity index (χ2n) is 2.48. The molecule has 0 unspecified atom stereocenters. The van der Waals surface area contributed by atoms with Crippen molar-refractivity contribution in [2.75, 3.05) is 5.84 Å². The molecule has 0 amide bonds. The van der Waals surface area contributed by atoms with Crippen LogP contribution in [-0.4, -0.2) is 15.1 Å². The van der Waals surface area contributed by atoms with Crippen LogP contribution in [0.2, 0.25) is 0 Å². The molecule has 0 spiro atoms. The Morgan fingerprint density at radius 1 is 1.45 bits per heavy atom. The zero-order valence-electron chi connectivity index (χ0n) is 6.15. The molecule has 0 aliphatic rings. The van der Waals surface area contributed by atoms with Crippen LogP contribution >= 0.6 is 0 Å². The Balaban J connectivity index is 2.94. The van der Waals surface area contributed by atoms with E-state index in [1.165, 1.54) is 4.79 Å². The second-order valence-corrected chi connectivity index (χ2v) is 2.48. The number of hydrogen-bond donors (Lipinski definition) is 1. The molecule has 56 valence electrons. The number of hydrogen-bond acceptors (Lipinski definition) is 3. The van der Waals surface area contributed by atoms with E-state index >= 15 is 0 Å². The van der Waals surface area contributed by atoms with E-state index in [1.807, 2.05) is 25.1 Å². The highest BCUT2D eigenvalue weighted by Gasteiger charge is 2.01. The highest BCUT2D eigenvalue weighted by molar-refractivity contribution is 5.77. The Bertz CT molecular complexity index is 390. The number of aromatic nitrogens is 3. The predicted octanol–water partition coefficient (Wildman–Crippen LogP) is 0.454. The van der Waals surface area contributed by atoms with Crippen LogP contribution in [0.4, 0.5) is 0 Å². The highest BCUT2D eigenvalue weighted by Crippen LogP contribution is 2.12. The maximum absolute atomic E-state index is 5.49. The Kier molecular flexibility index (Phi) is 1.09. The second kappa shape index (κ2) is 1.95. The van der Waals surface area contributed by atoms with E-state index in [-0.39, 0.29) is 0 Å². The number of nitrogens with two attached hydrogens (primary N) is 1. The van der Waals surface area contributed by atoms with Gasteiger partial charge in [-0.1, -0.05) is 12.1 Å². The number of rotatable bonds is 0. The Hall–Kier alpha value is -1.58. The Morgan fingerprint density at radius 2 is 2.27 bits per heavy atom. The third-order valence-corrected chi connectivity index (χ3v) is 1.70. The molecule has 2 rings (SSSR count). The maximum atomic E-state index is 5.49. The van der Waals surface area contributed by atoms with E-state index in [1.54, 1.807) is 0 Å². The van der Waals surface area contributed by atoms with Crippen LogP contribution in [0.15, 0.2) is 18.2 Å². The van der Waals surface area contributed by atoms with Crippen molar-refractivity contribution in [1.29, 1.82) is 0 Å². The average Bonchev–Trinajstić information content (AvgIpc) is 2.35. The van der Waals surface area contributed by atoms with E-state index in [0.29, 0.717) is 0 Å². The van der Waals surface area contributed by atoms with Crippen LogP contribution in [0.5, 0.6) is 0 Å². The molecule has 4 heteroatoms. The number of nitrogen functional groups attached to an aromatic ring is 1. The fraction of sp³-hybridized carbons (Fsp3) is 0.143. The zero-order valence-corrected chi connectivity index (χ0v) is 6.15. The summed E-state index contributed by atoms with van der Waals surface area (Å²) in [7, 11) is 0. The first kappa shape index (κ1) is 6.15. The lowest BCUT2D eigenvalue weighted by molar-refractivity contribution is 0.786. The van der Waals surface area contributed by atoms with Gasteiger partial charge in [0.2, 0.25) is 0 Å². The first-order valence-electron chi connectivity index (χ1n) is 3.35. The normalized spacial score (nSPS) is 10.6. The molecular formula is C7H8N4. The molecule has 1 aromatic carbocycles. The fourth-order valence-electron chi connectivity index (χ4n) is 1.10. The molecule has 0 fully saturated rings. The SMILES string of the molecule is Cc1cccc2c1nnn2N. The van der Waals surface area contributed by atoms with Crippen molar-refractivity contribution in [3.05, 3.63) is 23.8 Å². The molecule has 0 aliphatic carbocycles. The summed E-state index contributed by atoms with van der Waals surface area (Å²) in [6, 6.07) is 5.81. The highest BCUT2D eigenvalue weighted by atomic mass is 15.6. The summed E-state index contributed by atoms with van der Waals surface area (Å²) in [6.07, 6.45) is 0. The van der Waals surface area contributed by atoms with Gasteiger partial charge >= 0.3 is 0 Å². The summed E-state index contributed by atoms with van der Waals surface area (Å²) in [5.74, 6) is 5.49. The molecule has 0 saturated carbocycles. The van der Waals surface area contributed by atoms with Gasteiger partial charge < -0.3 is 5.84 Å². The van der Waals surface area contributed by atoms with Crippen molar-refractivity contribution in [3.8, 4) is 0 Å². The number of benzene rings is 1. The molecule has 0 saturated heterocycles. The van der Waals surface area contributed by atoms with E-state index in [4.69, 9.17) is 5.84 Å². The minimum absolute atomic E-state index is 0.866. The van der Waals surface area contributed by atoms with Gasteiger partial charge in [-0.2, -0.15) is 4.79 Å². The van der Waals surface area contributed by atoms with Gasteiger partial charge in [-0.25, -0.2) is 0 Å². The van der Waals surface area contributed by atoms with Gasteiger partial charge in [0.05, 0.1) is 0 Å². The lowest BCUT2D eigenvalue weighted by atomic mass is 10.2. The van der Waals surface area contributed by atoms with Crippen LogP contribution in [-0.2, 0) is 0 Å². The lowest BCUT2D eigenvalue weighted by Gasteiger charge is -1.92. The van der Waals surface area contributed by atoms with Crippen LogP contribution in [0, 0.1) is 6.92 Å². The third-order valence-electron chi connectivity index (χ3n) is 1.70. The molecule has 1 heterocycles. The standard InChI is InChI=1S/C7H8N4/c1-5-3-2-4-6-7(5)9-10-11(6)8/h2-4H,8H2,1H3. The summed E-state index contributed by atoms with van der Waals surface area (Å²) in [5.41, 5.74) is 2.83. The smallest absolute Gasteiger partial charge is 0.118 e. The van der Waals surface area contributed by atoms with Crippen molar-refractivity contribution in [1.82, 2.24) is 15.1 Å². The van der Waals surface area contributed by atoms with Crippen molar-refractivity contribution < 1.29 is 0 Å². The van der Waals surface area contributed by atoms with Gasteiger partial charge in [-0.05, 0) is 23.8 Å². The largest absolute Gasteiger partial charge is 0.321 e. The van der Waals surface area contributed by atoms with Crippen LogP contribution in [0.25, 0.3) is 11.0 Å². The molecule has 0 bridgehead atoms. The van der Waals surface area contributed by atoms with E-state index < -0.39 is 0 Å². The van der Waals surface area contributed by atoms with E-state index in [9.17, 15) is 0 Å². The van der Waals surface area contributed by atoms with Crippen LogP contribution in [0.3, 0.4) is 0 Å². The first-order chi connectivity index (χ1) is 5.29. The summed E-state index contributed by atoms with van der Waals surface area (Å²) in [4.78, 5) is 1.28. The van der Waals surface area contributed by atoms with Gasteiger partial charge in [-0.15, -0.1) is 5.10 Å². The topological polar surface area (TPSA) is 56.7 Å². The zero-order chi connectivity index (χ0) is 7.84. The van der Waals surface area contributed by atoms with Gasteiger partial charge in [0.1, 0.15) is 11.0 Å². The number of fused-ring (bicyclic) bond motifs is 1. The Labute approximate surface area is 63.6 Å². The van der Waals surface area contributed by atoms with E-state index in [2.05, 4.69) is 10.3 Å². The monoisotopic (exact) mass is 148 g/mol. The molecule has 2 N–H and O–H groups in total. The van der Waals surface area contributed by atoms with Crippen molar-refractivity contribution in [2.24, 2.45) is 0 Å². The molecule has 0 radical (unpaired) electrons. The molecule has 0 atom stereocenters. The average molecular weight is 148 g/mol. The van der Waals surface area contributed by atoms with Crippen LogP contribution in [0.1, 0.15) is 5.56 Å². The summed E-state index contributed by atoms with van der Waals surface area (Å²) >= 11 is 0. The minimum atomic E-state index is 0.866. The van der Waals surface area contributed by atoms with Gasteiger partial charge in [0, 0.05) is 0 Å². The Morgan fingerprint density at radius 3 is 3.00 bits per heavy atom. The van der Waals surface area contributed by atoms with Crippen molar-refractivity contribution in [2.45, 2.75) is 6.92 Å². The molecule has 1 aromatic heterocycles. The number of nitrogens with zero attached hydrogens (tertiary/aromatic N) is 3. The minimum Gasteiger partial charge on any atom is -0.321 e. The predicted molar refractivity (Wildman–Crippen MR) is 42.4 cm³/mol. The van der Waals surface area contributed by atoms with Gasteiger partial charge in [-0.3, -0.25) is 0 Å². The lowest BCUT2D eigenvalue weighted by Crippen LogP contribution is -2.09. The first-order valence-corrected chi connectivity index (χ1v) is 3.35. The van der Waals surface area contributed by atoms with Crippen LogP contribution < -0.4 is 5.84 Å². The molecule has 11 heavy (non-hydrogen) atoms. The molecule has 4 nitrogen and oxygen atoms in total. The molecule has 0 aliphatic heterocycles. The quantitative estimate of drug-likeness (QED) is 0.552. The third kappa shape index (κ3) is 0.756. The van der Waals surface area contributed by atoms with Gasteiger partial charge in [0.15, 0.2) is 0 Å². The molecular weight excluding hydrogens is 140 g/mol. The van der Waals surface area contributed by atoms with Crippen molar-refractivity contribution in [3.63, 3.8) is 0 Å². The maximum Gasteiger partial charge on any atom is 0.118 e. The molecule has 2 aromatic rings. The fourth-order valence-corrected chi connectivity index (χ4v) is 1.10. The van der Waals surface area contributed by atoms with E-state index in [0.717, 1.165) is 16.6 Å². The summed E-state index contributed by atoms with van der Waals surface area (Å²) in [5, 5.41) is 7.61. The van der Waals surface area contributed by atoms with Crippen molar-refractivity contribution >= 4 is 11.0 Å². The number of aryl methyl sites for hydroxylation is 1. The summed E-state index contributed by atoms with van der Waals surface area (Å²) in [6.45, 7) is 1.98. The van der Waals surface area contributed by atoms with Gasteiger partial charge in [0.25, 0.3) is 0 Å².